The fourth-order valence-corrected chi connectivity index (χ4v) is 1.67. The Hall–Kier alpha value is -1.97. The van der Waals surface area contributed by atoms with Crippen molar-refractivity contribution in [2.24, 2.45) is 7.05 Å². The largest absolute Gasteiger partial charge is 0.268 e. The molecule has 0 aliphatic carbocycles. The smallest absolute Gasteiger partial charge is 0.200 e. The molecule has 0 bridgehead atoms. The normalized spacial score (nSPS) is 11.3. The number of hydrogen-bond acceptors (Lipinski definition) is 3. The molecule has 0 amide bonds. The lowest BCUT2D eigenvalue weighted by Gasteiger charge is -1.95. The maximum Gasteiger partial charge on any atom is 0.200 e. The molecule has 3 rings (SSSR count). The minimum absolute atomic E-state index is 0.716. The second-order valence-electron chi connectivity index (χ2n) is 3.59. The number of aryl methyl sites for hydroxylation is 2. The van der Waals surface area contributed by atoms with Crippen molar-refractivity contribution in [3.8, 4) is 0 Å². The molecular formula is C11H10N4. The molecule has 0 spiro atoms. The van der Waals surface area contributed by atoms with Gasteiger partial charge in [-0.25, -0.2) is 9.97 Å². The molecule has 4 heteroatoms. The maximum absolute atomic E-state index is 4.55. The van der Waals surface area contributed by atoms with E-state index >= 15 is 0 Å². The SMILES string of the molecule is Cc1c2nc3ccccc3nc2nn1C. The third-order valence-corrected chi connectivity index (χ3v) is 2.62. The van der Waals surface area contributed by atoms with E-state index in [1.165, 1.54) is 0 Å². The van der Waals surface area contributed by atoms with Gasteiger partial charge in [-0.2, -0.15) is 5.10 Å². The number of benzene rings is 1. The molecule has 15 heavy (non-hydrogen) atoms. The summed E-state index contributed by atoms with van der Waals surface area (Å²) in [5, 5.41) is 4.31. The van der Waals surface area contributed by atoms with Gasteiger partial charge in [0.2, 0.25) is 5.65 Å². The summed E-state index contributed by atoms with van der Waals surface area (Å²) in [5.74, 6) is 0. The Bertz CT molecular complexity index is 654. The average molecular weight is 198 g/mol. The topological polar surface area (TPSA) is 43.6 Å². The first kappa shape index (κ1) is 8.35. The van der Waals surface area contributed by atoms with Gasteiger partial charge in [0.15, 0.2) is 0 Å². The van der Waals surface area contributed by atoms with Gasteiger partial charge < -0.3 is 0 Å². The van der Waals surface area contributed by atoms with Gasteiger partial charge in [-0.15, -0.1) is 0 Å². The first-order valence-corrected chi connectivity index (χ1v) is 4.82. The summed E-state index contributed by atoms with van der Waals surface area (Å²) in [7, 11) is 1.91. The van der Waals surface area contributed by atoms with Crippen LogP contribution in [-0.4, -0.2) is 19.7 Å². The molecule has 0 atom stereocenters. The third kappa shape index (κ3) is 1.11. The van der Waals surface area contributed by atoms with E-state index in [9.17, 15) is 0 Å². The van der Waals surface area contributed by atoms with Crippen molar-refractivity contribution in [1.29, 1.82) is 0 Å². The lowest BCUT2D eigenvalue weighted by Crippen LogP contribution is -1.91. The summed E-state index contributed by atoms with van der Waals surface area (Å²) >= 11 is 0. The van der Waals surface area contributed by atoms with Crippen LogP contribution in [-0.2, 0) is 7.05 Å². The van der Waals surface area contributed by atoms with Crippen molar-refractivity contribution in [2.75, 3.05) is 0 Å². The number of rotatable bonds is 0. The van der Waals surface area contributed by atoms with Crippen LogP contribution >= 0.6 is 0 Å². The molecule has 0 radical (unpaired) electrons. The van der Waals surface area contributed by atoms with E-state index in [1.807, 2.05) is 42.9 Å². The highest BCUT2D eigenvalue weighted by molar-refractivity contribution is 5.85. The maximum atomic E-state index is 4.55. The highest BCUT2D eigenvalue weighted by Gasteiger charge is 2.08. The molecule has 3 aromatic rings. The summed E-state index contributed by atoms with van der Waals surface area (Å²) < 4.78 is 1.81. The Kier molecular flexibility index (Phi) is 1.54. The highest BCUT2D eigenvalue weighted by atomic mass is 15.3. The summed E-state index contributed by atoms with van der Waals surface area (Å²) in [6, 6.07) is 7.84. The number of para-hydroxylation sites is 2. The standard InChI is InChI=1S/C11H10N4/c1-7-10-11(14-15(7)2)13-9-6-4-3-5-8(9)12-10/h3-6H,1-2H3. The predicted octanol–water partition coefficient (Wildman–Crippen LogP) is 1.82. The second kappa shape index (κ2) is 2.76. The van der Waals surface area contributed by atoms with Gasteiger partial charge in [-0.05, 0) is 19.1 Å². The Morgan fingerprint density at radius 3 is 2.47 bits per heavy atom. The van der Waals surface area contributed by atoms with Gasteiger partial charge in [0.25, 0.3) is 0 Å². The number of nitrogens with zero attached hydrogens (tertiary/aromatic N) is 4. The van der Waals surface area contributed by atoms with Gasteiger partial charge in [-0.1, -0.05) is 12.1 Å². The molecule has 4 nitrogen and oxygen atoms in total. The Morgan fingerprint density at radius 1 is 1.07 bits per heavy atom. The van der Waals surface area contributed by atoms with E-state index in [0.717, 1.165) is 22.2 Å². The number of fused-ring (bicyclic) bond motifs is 2. The van der Waals surface area contributed by atoms with Crippen LogP contribution in [0.25, 0.3) is 22.2 Å². The van der Waals surface area contributed by atoms with E-state index in [1.54, 1.807) is 0 Å². The van der Waals surface area contributed by atoms with Crippen LogP contribution in [0.1, 0.15) is 5.69 Å². The molecule has 2 heterocycles. The van der Waals surface area contributed by atoms with Gasteiger partial charge in [0.05, 0.1) is 16.7 Å². The van der Waals surface area contributed by atoms with Crippen LogP contribution in [0, 0.1) is 6.92 Å². The Morgan fingerprint density at radius 2 is 1.73 bits per heavy atom. The van der Waals surface area contributed by atoms with E-state index in [2.05, 4.69) is 15.1 Å². The molecule has 74 valence electrons. The monoisotopic (exact) mass is 198 g/mol. The van der Waals surface area contributed by atoms with Crippen molar-refractivity contribution in [3.05, 3.63) is 30.0 Å². The van der Waals surface area contributed by atoms with E-state index in [4.69, 9.17) is 0 Å². The van der Waals surface area contributed by atoms with Crippen molar-refractivity contribution in [1.82, 2.24) is 19.7 Å². The molecule has 0 N–H and O–H groups in total. The summed E-state index contributed by atoms with van der Waals surface area (Å²) in [4.78, 5) is 9.02. The third-order valence-electron chi connectivity index (χ3n) is 2.62. The van der Waals surface area contributed by atoms with Crippen LogP contribution in [0.2, 0.25) is 0 Å². The van der Waals surface area contributed by atoms with Crippen molar-refractivity contribution in [2.45, 2.75) is 6.92 Å². The average Bonchev–Trinajstić information content (AvgIpc) is 2.52. The van der Waals surface area contributed by atoms with Crippen LogP contribution in [0.5, 0.6) is 0 Å². The number of hydrogen-bond donors (Lipinski definition) is 0. The molecule has 0 unspecified atom stereocenters. The molecular weight excluding hydrogens is 188 g/mol. The first-order valence-electron chi connectivity index (χ1n) is 4.82. The van der Waals surface area contributed by atoms with E-state index in [0.29, 0.717) is 5.65 Å². The Balaban J connectivity index is 2.53. The molecule has 2 aromatic heterocycles. The lowest BCUT2D eigenvalue weighted by molar-refractivity contribution is 0.748. The van der Waals surface area contributed by atoms with Crippen LogP contribution in [0.4, 0.5) is 0 Å². The highest BCUT2D eigenvalue weighted by Crippen LogP contribution is 2.17. The van der Waals surface area contributed by atoms with Gasteiger partial charge in [0.1, 0.15) is 5.52 Å². The quantitative estimate of drug-likeness (QED) is 0.553. The summed E-state index contributed by atoms with van der Waals surface area (Å²) in [5.41, 5.74) is 4.46. The molecule has 0 saturated carbocycles. The zero-order valence-electron chi connectivity index (χ0n) is 8.60. The minimum Gasteiger partial charge on any atom is -0.268 e. The first-order chi connectivity index (χ1) is 7.25. The van der Waals surface area contributed by atoms with Gasteiger partial charge in [0, 0.05) is 7.05 Å². The zero-order valence-corrected chi connectivity index (χ0v) is 8.60. The van der Waals surface area contributed by atoms with Crippen molar-refractivity contribution < 1.29 is 0 Å². The second-order valence-corrected chi connectivity index (χ2v) is 3.59. The predicted molar refractivity (Wildman–Crippen MR) is 58.5 cm³/mol. The van der Waals surface area contributed by atoms with Crippen LogP contribution < -0.4 is 0 Å². The lowest BCUT2D eigenvalue weighted by atomic mass is 10.3. The molecule has 0 aliphatic heterocycles. The van der Waals surface area contributed by atoms with E-state index in [-0.39, 0.29) is 0 Å². The van der Waals surface area contributed by atoms with Crippen molar-refractivity contribution >= 4 is 22.2 Å². The summed E-state index contributed by atoms with van der Waals surface area (Å²) in [6.07, 6.45) is 0. The van der Waals surface area contributed by atoms with Crippen LogP contribution in [0.3, 0.4) is 0 Å². The van der Waals surface area contributed by atoms with Crippen LogP contribution in [0.15, 0.2) is 24.3 Å². The van der Waals surface area contributed by atoms with E-state index < -0.39 is 0 Å². The summed E-state index contributed by atoms with van der Waals surface area (Å²) in [6.45, 7) is 2.00. The fraction of sp³-hybridized carbons (Fsp3) is 0.182. The van der Waals surface area contributed by atoms with Gasteiger partial charge in [-0.3, -0.25) is 4.68 Å². The number of aromatic nitrogens is 4. The minimum atomic E-state index is 0.716. The van der Waals surface area contributed by atoms with Gasteiger partial charge >= 0.3 is 0 Å². The molecule has 0 saturated heterocycles. The molecule has 0 fully saturated rings. The zero-order chi connectivity index (χ0) is 10.4. The molecule has 1 aromatic carbocycles. The fourth-order valence-electron chi connectivity index (χ4n) is 1.67. The molecule has 0 aliphatic rings. The van der Waals surface area contributed by atoms with Crippen molar-refractivity contribution in [3.63, 3.8) is 0 Å². The Labute approximate surface area is 86.6 Å².